The van der Waals surface area contributed by atoms with Crippen molar-refractivity contribution < 1.29 is 73.5 Å². The normalized spacial score (nSPS) is 10.6. The van der Waals surface area contributed by atoms with Crippen LogP contribution >= 0.6 is 0 Å². The standard InChI is InChI=1S/C7H6BF4O.K/c1-13-7-3-5(8(10,11)12)2-6(9)4-7;/h2-4H,1H3;/q-1;+1. The van der Waals surface area contributed by atoms with Crippen LogP contribution in [0.15, 0.2) is 18.2 Å². The van der Waals surface area contributed by atoms with E-state index in [0.29, 0.717) is 6.07 Å². The van der Waals surface area contributed by atoms with Crippen LogP contribution in [0.2, 0.25) is 0 Å². The molecule has 1 aromatic rings. The number of rotatable bonds is 2. The molecule has 0 saturated heterocycles. The zero-order chi connectivity index (χ0) is 10.1. The van der Waals surface area contributed by atoms with E-state index in [9.17, 15) is 17.3 Å². The Labute approximate surface area is 121 Å². The van der Waals surface area contributed by atoms with Crippen LogP contribution in [-0.2, 0) is 0 Å². The molecule has 0 spiro atoms. The molecule has 0 aliphatic carbocycles. The van der Waals surface area contributed by atoms with E-state index in [2.05, 4.69) is 4.74 Å². The molecule has 0 heterocycles. The third-order valence-corrected chi connectivity index (χ3v) is 1.51. The Morgan fingerprint density at radius 3 is 2.14 bits per heavy atom. The molecule has 1 rings (SSSR count). The second-order valence-corrected chi connectivity index (χ2v) is 2.50. The topological polar surface area (TPSA) is 9.23 Å². The number of hydrogen-bond acceptors (Lipinski definition) is 1. The van der Waals surface area contributed by atoms with Crippen LogP contribution in [0.3, 0.4) is 0 Å². The van der Waals surface area contributed by atoms with Gasteiger partial charge in [0.05, 0.1) is 7.11 Å². The van der Waals surface area contributed by atoms with Gasteiger partial charge in [0.25, 0.3) is 0 Å². The fourth-order valence-electron chi connectivity index (χ4n) is 0.891. The van der Waals surface area contributed by atoms with Crippen LogP contribution in [0, 0.1) is 5.82 Å². The van der Waals surface area contributed by atoms with Crippen molar-refractivity contribution >= 4 is 12.4 Å². The molecular weight excluding hydrogens is 226 g/mol. The molecule has 72 valence electrons. The summed E-state index contributed by atoms with van der Waals surface area (Å²) in [5.74, 6) is -1.08. The molecule has 1 nitrogen and oxygen atoms in total. The minimum Gasteiger partial charge on any atom is -0.497 e. The first kappa shape index (κ1) is 14.4. The molecule has 7 heteroatoms. The van der Waals surface area contributed by atoms with E-state index in [1.54, 1.807) is 0 Å². The van der Waals surface area contributed by atoms with Crippen LogP contribution in [-0.4, -0.2) is 14.1 Å². The number of hydrogen-bond donors (Lipinski definition) is 0. The molecular formula is C7H6BF4KO. The van der Waals surface area contributed by atoms with Gasteiger partial charge in [-0.3, -0.25) is 0 Å². The van der Waals surface area contributed by atoms with Crippen LogP contribution in [0.25, 0.3) is 0 Å². The minimum absolute atomic E-state index is 0. The molecule has 0 radical (unpaired) electrons. The average molecular weight is 232 g/mol. The van der Waals surface area contributed by atoms with Crippen LogP contribution in [0.1, 0.15) is 0 Å². The minimum atomic E-state index is -5.17. The number of halogens is 4. The monoisotopic (exact) mass is 232 g/mol. The van der Waals surface area contributed by atoms with Crippen LogP contribution in [0.4, 0.5) is 17.3 Å². The van der Waals surface area contributed by atoms with Gasteiger partial charge in [0.15, 0.2) is 0 Å². The van der Waals surface area contributed by atoms with Crippen molar-refractivity contribution in [2.45, 2.75) is 0 Å². The smallest absolute Gasteiger partial charge is 0.497 e. The molecule has 0 amide bonds. The Balaban J connectivity index is 0.00000169. The van der Waals surface area contributed by atoms with Gasteiger partial charge in [0.1, 0.15) is 11.6 Å². The average Bonchev–Trinajstić information content (AvgIpc) is 2.01. The molecule has 0 unspecified atom stereocenters. The maximum absolute atomic E-state index is 12.6. The molecule has 0 aliphatic rings. The molecule has 0 fully saturated rings. The second-order valence-electron chi connectivity index (χ2n) is 2.50. The van der Waals surface area contributed by atoms with Gasteiger partial charge in [-0.1, -0.05) is 6.07 Å². The Kier molecular flexibility index (Phi) is 5.68. The summed E-state index contributed by atoms with van der Waals surface area (Å²) < 4.78 is 53.4. The van der Waals surface area contributed by atoms with Crippen molar-refractivity contribution in [3.8, 4) is 5.75 Å². The Morgan fingerprint density at radius 2 is 1.71 bits per heavy atom. The molecule has 0 aliphatic heterocycles. The summed E-state index contributed by atoms with van der Waals surface area (Å²) in [4.78, 5) is 0. The van der Waals surface area contributed by atoms with Crippen molar-refractivity contribution in [1.29, 1.82) is 0 Å². The van der Waals surface area contributed by atoms with E-state index in [1.165, 1.54) is 7.11 Å². The first-order valence-corrected chi connectivity index (χ1v) is 3.48. The van der Waals surface area contributed by atoms with E-state index in [4.69, 9.17) is 0 Å². The van der Waals surface area contributed by atoms with Crippen molar-refractivity contribution in [3.05, 3.63) is 24.0 Å². The van der Waals surface area contributed by atoms with Gasteiger partial charge in [0, 0.05) is 6.07 Å². The zero-order valence-electron chi connectivity index (χ0n) is 7.73. The van der Waals surface area contributed by atoms with Gasteiger partial charge in [-0.2, -0.15) is 0 Å². The summed E-state index contributed by atoms with van der Waals surface area (Å²) in [6.45, 7) is -5.17. The Bertz CT molecular complexity index is 315. The zero-order valence-corrected chi connectivity index (χ0v) is 10.9. The summed E-state index contributed by atoms with van der Waals surface area (Å²) in [6, 6.07) is 2.11. The predicted octanol–water partition coefficient (Wildman–Crippen LogP) is -1.11. The van der Waals surface area contributed by atoms with Gasteiger partial charge in [0.2, 0.25) is 0 Å². The first-order valence-electron chi connectivity index (χ1n) is 3.48. The number of methoxy groups -OCH3 is 1. The molecule has 0 atom stereocenters. The van der Waals surface area contributed by atoms with Crippen LogP contribution < -0.4 is 61.6 Å². The maximum Gasteiger partial charge on any atom is 1.00 e. The molecule has 0 aromatic heterocycles. The summed E-state index contributed by atoms with van der Waals surface area (Å²) in [5.41, 5.74) is -0.989. The van der Waals surface area contributed by atoms with E-state index in [0.717, 1.165) is 12.1 Å². The second kappa shape index (κ2) is 5.50. The fourth-order valence-corrected chi connectivity index (χ4v) is 0.891. The van der Waals surface area contributed by atoms with E-state index >= 15 is 0 Å². The fraction of sp³-hybridized carbons (Fsp3) is 0.143. The van der Waals surface area contributed by atoms with Gasteiger partial charge in [-0.25, -0.2) is 4.39 Å². The number of ether oxygens (including phenoxy) is 1. The van der Waals surface area contributed by atoms with Gasteiger partial charge in [-0.05, 0) is 6.07 Å². The van der Waals surface area contributed by atoms with Crippen LogP contribution in [0.5, 0.6) is 5.75 Å². The van der Waals surface area contributed by atoms with Gasteiger partial charge in [-0.15, -0.1) is 5.46 Å². The maximum atomic E-state index is 12.6. The van der Waals surface area contributed by atoms with E-state index in [-0.39, 0.29) is 57.1 Å². The van der Waals surface area contributed by atoms with E-state index in [1.807, 2.05) is 0 Å². The summed E-state index contributed by atoms with van der Waals surface area (Å²) in [5, 5.41) is 0. The van der Waals surface area contributed by atoms with Crippen molar-refractivity contribution in [1.82, 2.24) is 0 Å². The summed E-state index contributed by atoms with van der Waals surface area (Å²) >= 11 is 0. The third kappa shape index (κ3) is 3.90. The molecule has 1 aromatic carbocycles. The summed E-state index contributed by atoms with van der Waals surface area (Å²) in [6.07, 6.45) is 0. The Hall–Kier alpha value is 0.441. The van der Waals surface area contributed by atoms with Gasteiger partial charge >= 0.3 is 58.4 Å². The van der Waals surface area contributed by atoms with Crippen molar-refractivity contribution in [3.63, 3.8) is 0 Å². The quantitative estimate of drug-likeness (QED) is 0.464. The van der Waals surface area contributed by atoms with E-state index < -0.39 is 18.3 Å². The van der Waals surface area contributed by atoms with Gasteiger partial charge < -0.3 is 17.7 Å². The first-order chi connectivity index (χ1) is 5.93. The summed E-state index contributed by atoms with van der Waals surface area (Å²) in [7, 11) is 1.18. The molecule has 14 heavy (non-hydrogen) atoms. The predicted molar refractivity (Wildman–Crippen MR) is 41.7 cm³/mol. The van der Waals surface area contributed by atoms with Crippen molar-refractivity contribution in [2.75, 3.05) is 7.11 Å². The Morgan fingerprint density at radius 1 is 1.14 bits per heavy atom. The third-order valence-electron chi connectivity index (χ3n) is 1.51. The molecule has 0 N–H and O–H groups in total. The number of benzene rings is 1. The molecule has 0 saturated carbocycles. The largest absolute Gasteiger partial charge is 1.00 e. The van der Waals surface area contributed by atoms with Crippen molar-refractivity contribution in [2.24, 2.45) is 0 Å². The molecule has 0 bridgehead atoms. The SMILES string of the molecule is COc1cc(F)cc([B-](F)(F)F)c1.[K+].